The zero-order valence-corrected chi connectivity index (χ0v) is 20.3. The summed E-state index contributed by atoms with van der Waals surface area (Å²) < 4.78 is 11.8. The highest BCUT2D eigenvalue weighted by molar-refractivity contribution is 7.18. The van der Waals surface area contributed by atoms with Crippen LogP contribution in [-0.2, 0) is 11.8 Å². The quantitative estimate of drug-likeness (QED) is 0.356. The van der Waals surface area contributed by atoms with Crippen molar-refractivity contribution < 1.29 is 9.47 Å². The third kappa shape index (κ3) is 5.40. The lowest BCUT2D eigenvalue weighted by molar-refractivity contribution is 0.354. The third-order valence-corrected chi connectivity index (χ3v) is 7.27. The largest absolute Gasteiger partial charge is 0.493 e. The second-order valence-electron chi connectivity index (χ2n) is 8.37. The van der Waals surface area contributed by atoms with Gasteiger partial charge in [-0.1, -0.05) is 32.0 Å². The number of nitriles is 1. The summed E-state index contributed by atoms with van der Waals surface area (Å²) in [6.45, 7) is 6.10. The predicted molar refractivity (Wildman–Crippen MR) is 132 cm³/mol. The fraction of sp³-hybridized carbons (Fsp3) is 0.462. The Hall–Kier alpha value is -2.62. The summed E-state index contributed by atoms with van der Waals surface area (Å²) in [5.41, 5.74) is 1.69. The molecule has 0 amide bonds. The van der Waals surface area contributed by atoms with Gasteiger partial charge in [-0.2, -0.15) is 5.26 Å². The van der Waals surface area contributed by atoms with Gasteiger partial charge in [0.1, 0.15) is 10.4 Å². The Balaban J connectivity index is 1.49. The molecule has 0 aliphatic carbocycles. The number of aromatic nitrogens is 1. The van der Waals surface area contributed by atoms with Gasteiger partial charge in [-0.25, -0.2) is 4.98 Å². The third-order valence-electron chi connectivity index (χ3n) is 6.05. The van der Waals surface area contributed by atoms with Crippen molar-refractivity contribution in [3.63, 3.8) is 0 Å². The first-order valence-electron chi connectivity index (χ1n) is 11.2. The van der Waals surface area contributed by atoms with Gasteiger partial charge in [-0.3, -0.25) is 0 Å². The molecule has 5 nitrogen and oxygen atoms in total. The van der Waals surface area contributed by atoms with Crippen LogP contribution in [0.4, 0.5) is 0 Å². The molecule has 0 bridgehead atoms. The maximum atomic E-state index is 10.1. The first kappa shape index (κ1) is 24.0. The molecule has 6 heteroatoms. The Morgan fingerprint density at radius 1 is 1.06 bits per heavy atom. The zero-order chi connectivity index (χ0) is 23.0. The topological polar surface area (TPSA) is 67.2 Å². The lowest BCUT2D eigenvalue weighted by Crippen LogP contribution is -2.32. The molecule has 0 fully saturated rings. The summed E-state index contributed by atoms with van der Waals surface area (Å²) in [4.78, 5) is 4.82. The molecule has 1 atom stereocenters. The van der Waals surface area contributed by atoms with Crippen molar-refractivity contribution in [3.8, 4) is 17.6 Å². The molecule has 170 valence electrons. The van der Waals surface area contributed by atoms with Gasteiger partial charge < -0.3 is 14.8 Å². The molecule has 0 spiro atoms. The smallest absolute Gasteiger partial charge is 0.160 e. The summed E-state index contributed by atoms with van der Waals surface area (Å²) in [6, 6.07) is 16.9. The minimum Gasteiger partial charge on any atom is -0.493 e. The molecule has 2 aromatic carbocycles. The Labute approximate surface area is 195 Å². The molecule has 0 saturated carbocycles. The number of rotatable bonds is 12. The number of ether oxygens (including phenoxy) is 2. The second-order valence-corrected chi connectivity index (χ2v) is 9.40. The Morgan fingerprint density at radius 3 is 2.50 bits per heavy atom. The van der Waals surface area contributed by atoms with Crippen LogP contribution in [0.2, 0.25) is 0 Å². The summed E-state index contributed by atoms with van der Waals surface area (Å²) in [5.74, 6) is 1.74. The van der Waals surface area contributed by atoms with E-state index in [1.54, 1.807) is 25.6 Å². The van der Waals surface area contributed by atoms with Gasteiger partial charge in [-0.05, 0) is 74.5 Å². The van der Waals surface area contributed by atoms with Gasteiger partial charge in [0.15, 0.2) is 11.5 Å². The van der Waals surface area contributed by atoms with E-state index < -0.39 is 5.41 Å². The van der Waals surface area contributed by atoms with Crippen LogP contribution in [0, 0.1) is 17.2 Å². The van der Waals surface area contributed by atoms with Crippen molar-refractivity contribution in [1.29, 1.82) is 5.26 Å². The van der Waals surface area contributed by atoms with Crippen molar-refractivity contribution in [2.24, 2.45) is 5.92 Å². The van der Waals surface area contributed by atoms with E-state index in [4.69, 9.17) is 14.5 Å². The Morgan fingerprint density at radius 2 is 1.81 bits per heavy atom. The number of hydrogen-bond acceptors (Lipinski definition) is 6. The molecule has 0 aliphatic rings. The van der Waals surface area contributed by atoms with Gasteiger partial charge in [-0.15, -0.1) is 11.3 Å². The summed E-state index contributed by atoms with van der Waals surface area (Å²) >= 11 is 1.66. The SMILES string of the molecule is COc1ccc(CCCNCCCC(C#N)(c2nc3ccccc3s2)C(C)C)cc1OC. The van der Waals surface area contributed by atoms with Crippen molar-refractivity contribution in [2.45, 2.75) is 44.9 Å². The number of aryl methyl sites for hydroxylation is 1. The van der Waals surface area contributed by atoms with E-state index in [2.05, 4.69) is 37.4 Å². The van der Waals surface area contributed by atoms with Crippen LogP contribution in [0.5, 0.6) is 11.5 Å². The molecule has 1 heterocycles. The number of nitrogens with one attached hydrogen (secondary N) is 1. The molecule has 3 aromatic rings. The van der Waals surface area contributed by atoms with Gasteiger partial charge in [0, 0.05) is 0 Å². The van der Waals surface area contributed by atoms with E-state index in [0.29, 0.717) is 0 Å². The van der Waals surface area contributed by atoms with Gasteiger partial charge in [0.25, 0.3) is 0 Å². The van der Waals surface area contributed by atoms with E-state index in [9.17, 15) is 5.26 Å². The fourth-order valence-electron chi connectivity index (χ4n) is 4.01. The van der Waals surface area contributed by atoms with E-state index in [1.807, 2.05) is 30.3 Å². The van der Waals surface area contributed by atoms with Crippen LogP contribution in [0.1, 0.15) is 43.7 Å². The van der Waals surface area contributed by atoms with Crippen LogP contribution in [0.25, 0.3) is 10.2 Å². The fourth-order valence-corrected chi connectivity index (χ4v) is 5.29. The van der Waals surface area contributed by atoms with Crippen molar-refractivity contribution in [2.75, 3.05) is 27.3 Å². The molecule has 0 saturated heterocycles. The molecule has 3 rings (SSSR count). The summed E-state index contributed by atoms with van der Waals surface area (Å²) in [6.07, 6.45) is 3.77. The Bertz CT molecular complexity index is 1020. The maximum Gasteiger partial charge on any atom is 0.160 e. The predicted octanol–water partition coefficient (Wildman–Crippen LogP) is 5.73. The highest BCUT2D eigenvalue weighted by Gasteiger charge is 2.38. The van der Waals surface area contributed by atoms with Crippen molar-refractivity contribution >= 4 is 21.6 Å². The van der Waals surface area contributed by atoms with Gasteiger partial charge >= 0.3 is 0 Å². The zero-order valence-electron chi connectivity index (χ0n) is 19.5. The minimum atomic E-state index is -0.537. The van der Waals surface area contributed by atoms with Crippen LogP contribution >= 0.6 is 11.3 Å². The molecule has 1 N–H and O–H groups in total. The maximum absolute atomic E-state index is 10.1. The average Bonchev–Trinajstić information content (AvgIpc) is 3.25. The number of hydrogen-bond donors (Lipinski definition) is 1. The minimum absolute atomic E-state index is 0.207. The molecule has 32 heavy (non-hydrogen) atoms. The number of fused-ring (bicyclic) bond motifs is 1. The lowest BCUT2D eigenvalue weighted by Gasteiger charge is -2.28. The van der Waals surface area contributed by atoms with Crippen LogP contribution in [0.15, 0.2) is 42.5 Å². The van der Waals surface area contributed by atoms with E-state index in [1.165, 1.54) is 5.56 Å². The molecular weight excluding hydrogens is 418 g/mol. The average molecular weight is 452 g/mol. The van der Waals surface area contributed by atoms with E-state index in [0.717, 1.165) is 65.5 Å². The number of benzene rings is 2. The van der Waals surface area contributed by atoms with Crippen LogP contribution in [0.3, 0.4) is 0 Å². The van der Waals surface area contributed by atoms with E-state index in [-0.39, 0.29) is 5.92 Å². The number of thiazole rings is 1. The molecule has 1 aromatic heterocycles. The molecule has 0 radical (unpaired) electrons. The molecule has 1 unspecified atom stereocenters. The molecular formula is C26H33N3O2S. The second kappa shape index (κ2) is 11.3. The van der Waals surface area contributed by atoms with Gasteiger partial charge in [0.2, 0.25) is 0 Å². The Kier molecular flexibility index (Phi) is 8.49. The lowest BCUT2D eigenvalue weighted by atomic mass is 9.75. The monoisotopic (exact) mass is 451 g/mol. The molecule has 0 aliphatic heterocycles. The van der Waals surface area contributed by atoms with Gasteiger partial charge in [0.05, 0.1) is 30.5 Å². The standard InChI is InChI=1S/C26H33N3O2S/c1-19(2)26(18-27,25-29-21-10-5-6-11-24(21)32-25)14-8-16-28-15-7-9-20-12-13-22(30-3)23(17-20)31-4/h5-6,10-13,17,19,28H,7-9,14-16H2,1-4H3. The highest BCUT2D eigenvalue weighted by Crippen LogP contribution is 2.40. The first-order valence-corrected chi connectivity index (χ1v) is 12.0. The van der Waals surface area contributed by atoms with Crippen molar-refractivity contribution in [1.82, 2.24) is 10.3 Å². The number of methoxy groups -OCH3 is 2. The summed E-state index contributed by atoms with van der Waals surface area (Å²) in [7, 11) is 3.31. The van der Waals surface area contributed by atoms with Crippen LogP contribution in [-0.4, -0.2) is 32.3 Å². The van der Waals surface area contributed by atoms with Crippen LogP contribution < -0.4 is 14.8 Å². The highest BCUT2D eigenvalue weighted by atomic mass is 32.1. The number of para-hydroxylation sites is 1. The van der Waals surface area contributed by atoms with Crippen molar-refractivity contribution in [3.05, 3.63) is 53.0 Å². The van der Waals surface area contributed by atoms with E-state index >= 15 is 0 Å². The first-order chi connectivity index (χ1) is 15.5. The summed E-state index contributed by atoms with van der Waals surface area (Å²) in [5, 5.41) is 14.6. The normalized spacial score (nSPS) is 13.1. The number of nitrogens with zero attached hydrogens (tertiary/aromatic N) is 2.